The first-order valence-electron chi connectivity index (χ1n) is 12.2. The molecule has 1 amide bonds. The second-order valence-electron chi connectivity index (χ2n) is 8.94. The molecule has 9 nitrogen and oxygen atoms in total. The Morgan fingerprint density at radius 3 is 2.38 bits per heavy atom. The van der Waals surface area contributed by atoms with Crippen molar-refractivity contribution in [1.29, 1.82) is 0 Å². The van der Waals surface area contributed by atoms with Crippen molar-refractivity contribution in [2.45, 2.75) is 38.6 Å². The summed E-state index contributed by atoms with van der Waals surface area (Å²) in [6.45, 7) is 5.34. The van der Waals surface area contributed by atoms with E-state index < -0.39 is 6.09 Å². The predicted molar refractivity (Wildman–Crippen MR) is 136 cm³/mol. The average Bonchev–Trinajstić information content (AvgIpc) is 3.19. The molecule has 3 N–H and O–H groups in total. The minimum atomic E-state index is -1.00. The van der Waals surface area contributed by atoms with E-state index in [2.05, 4.69) is 61.7 Å². The number of likely N-dealkylation sites (N-methyl/N-ethyl adjacent to an activating group) is 1. The zero-order chi connectivity index (χ0) is 23.8. The van der Waals surface area contributed by atoms with E-state index in [-0.39, 0.29) is 0 Å². The molecule has 0 unspecified atom stereocenters. The highest BCUT2D eigenvalue weighted by molar-refractivity contribution is 5.77. The van der Waals surface area contributed by atoms with E-state index in [0.717, 1.165) is 42.9 Å². The van der Waals surface area contributed by atoms with E-state index in [1.165, 1.54) is 31.4 Å². The zero-order valence-electron chi connectivity index (χ0n) is 19.9. The standard InChI is InChI=1S/C21H27N7O2.C4H8/c1-26-11-13-27(14-12-26)18-5-3-17(4-6-18)24-20-23-15-16-7-10-28(19(16)25-20)9-2-8-22-21(29)30;1-2-4-3-1/h3-7,10,15,22H,2,8-9,11-14H2,1H3,(H,29,30)(H,23,24,25);1-4H2. The van der Waals surface area contributed by atoms with Crippen molar-refractivity contribution in [3.05, 3.63) is 42.7 Å². The fourth-order valence-electron chi connectivity index (χ4n) is 3.86. The first-order chi connectivity index (χ1) is 16.6. The van der Waals surface area contributed by atoms with E-state index in [9.17, 15) is 4.79 Å². The molecule has 0 radical (unpaired) electrons. The van der Waals surface area contributed by atoms with Gasteiger partial charge in [0, 0.05) is 68.4 Å². The van der Waals surface area contributed by atoms with Crippen LogP contribution in [0, 0.1) is 0 Å². The van der Waals surface area contributed by atoms with Crippen LogP contribution < -0.4 is 15.5 Å². The molecule has 3 heterocycles. The van der Waals surface area contributed by atoms with Gasteiger partial charge in [0.1, 0.15) is 5.65 Å². The third-order valence-corrected chi connectivity index (χ3v) is 6.35. The van der Waals surface area contributed by atoms with Gasteiger partial charge in [-0.25, -0.2) is 9.78 Å². The van der Waals surface area contributed by atoms with E-state index in [4.69, 9.17) is 5.11 Å². The van der Waals surface area contributed by atoms with Crippen LogP contribution in [0.5, 0.6) is 0 Å². The van der Waals surface area contributed by atoms with Crippen LogP contribution in [0.1, 0.15) is 32.1 Å². The van der Waals surface area contributed by atoms with Crippen molar-refractivity contribution in [3.63, 3.8) is 0 Å². The normalized spacial score (nSPS) is 15.9. The molecule has 0 spiro atoms. The molecule has 34 heavy (non-hydrogen) atoms. The third kappa shape index (κ3) is 6.60. The summed E-state index contributed by atoms with van der Waals surface area (Å²) < 4.78 is 2.02. The molecule has 1 saturated heterocycles. The summed E-state index contributed by atoms with van der Waals surface area (Å²) in [7, 11) is 2.16. The van der Waals surface area contributed by atoms with Gasteiger partial charge in [0.05, 0.1) is 0 Å². The van der Waals surface area contributed by atoms with Gasteiger partial charge in [-0.2, -0.15) is 4.98 Å². The van der Waals surface area contributed by atoms with E-state index >= 15 is 0 Å². The van der Waals surface area contributed by atoms with Crippen LogP contribution in [-0.2, 0) is 6.54 Å². The quantitative estimate of drug-likeness (QED) is 0.451. The molecule has 0 bridgehead atoms. The largest absolute Gasteiger partial charge is 0.465 e. The Kier molecular flexibility index (Phi) is 8.19. The summed E-state index contributed by atoms with van der Waals surface area (Å²) in [5.41, 5.74) is 3.00. The number of nitrogens with zero attached hydrogens (tertiary/aromatic N) is 5. The molecule has 2 aliphatic rings. The molecule has 2 aromatic heterocycles. The predicted octanol–water partition coefficient (Wildman–Crippen LogP) is 4.14. The van der Waals surface area contributed by atoms with Crippen molar-refractivity contribution in [2.75, 3.05) is 50.0 Å². The van der Waals surface area contributed by atoms with E-state index in [0.29, 0.717) is 25.5 Å². The summed E-state index contributed by atoms with van der Waals surface area (Å²) in [5.74, 6) is 0.540. The van der Waals surface area contributed by atoms with Gasteiger partial charge < -0.3 is 30.1 Å². The number of aryl methyl sites for hydroxylation is 1. The second kappa shape index (κ2) is 11.7. The highest BCUT2D eigenvalue weighted by Crippen LogP contribution is 2.22. The van der Waals surface area contributed by atoms with Gasteiger partial charge in [-0.15, -0.1) is 0 Å². The monoisotopic (exact) mass is 465 g/mol. The number of aromatic nitrogens is 3. The van der Waals surface area contributed by atoms with E-state index in [1.54, 1.807) is 6.20 Å². The molecule has 182 valence electrons. The summed E-state index contributed by atoms with van der Waals surface area (Å²) in [6.07, 6.45) is 9.44. The number of amides is 1. The number of benzene rings is 1. The molecule has 5 rings (SSSR count). The van der Waals surface area contributed by atoms with Gasteiger partial charge in [-0.05, 0) is 43.8 Å². The van der Waals surface area contributed by atoms with Crippen LogP contribution in [0.4, 0.5) is 22.1 Å². The molecular weight excluding hydrogens is 430 g/mol. The molecule has 2 fully saturated rings. The Bertz CT molecular complexity index is 1050. The lowest BCUT2D eigenvalue weighted by atomic mass is 10.0. The smallest absolute Gasteiger partial charge is 0.404 e. The number of piperazine rings is 1. The van der Waals surface area contributed by atoms with Crippen molar-refractivity contribution in [1.82, 2.24) is 24.8 Å². The Balaban J connectivity index is 0.000000620. The van der Waals surface area contributed by atoms with Gasteiger partial charge in [-0.3, -0.25) is 0 Å². The van der Waals surface area contributed by atoms with Crippen LogP contribution in [-0.4, -0.2) is 70.4 Å². The summed E-state index contributed by atoms with van der Waals surface area (Å²) >= 11 is 0. The first-order valence-corrected chi connectivity index (χ1v) is 12.2. The number of rotatable bonds is 7. The lowest BCUT2D eigenvalue weighted by Crippen LogP contribution is -2.44. The SMILES string of the molecule is C1CCC1.CN1CCN(c2ccc(Nc3ncc4ccn(CCCNC(=O)O)c4n3)cc2)CC1. The summed E-state index contributed by atoms with van der Waals surface area (Å²) in [5, 5.41) is 15.3. The maximum absolute atomic E-state index is 10.6. The van der Waals surface area contributed by atoms with Gasteiger partial charge in [0.2, 0.25) is 5.95 Å². The molecule has 0 atom stereocenters. The molecule has 1 aliphatic heterocycles. The number of carboxylic acid groups (broad SMARTS) is 1. The van der Waals surface area contributed by atoms with Crippen LogP contribution in [0.2, 0.25) is 0 Å². The number of carbonyl (C=O) groups is 1. The van der Waals surface area contributed by atoms with Crippen molar-refractivity contribution >= 4 is 34.4 Å². The fraction of sp³-hybridized carbons (Fsp3) is 0.480. The number of hydrogen-bond donors (Lipinski definition) is 3. The molecule has 1 aliphatic carbocycles. The minimum absolute atomic E-state index is 0.408. The van der Waals surface area contributed by atoms with Gasteiger partial charge in [0.25, 0.3) is 0 Å². The van der Waals surface area contributed by atoms with Gasteiger partial charge in [-0.1, -0.05) is 25.7 Å². The topological polar surface area (TPSA) is 98.6 Å². The fourth-order valence-corrected chi connectivity index (χ4v) is 3.86. The van der Waals surface area contributed by atoms with Gasteiger partial charge >= 0.3 is 6.09 Å². The summed E-state index contributed by atoms with van der Waals surface area (Å²) in [6, 6.07) is 10.3. The van der Waals surface area contributed by atoms with Crippen molar-refractivity contribution < 1.29 is 9.90 Å². The van der Waals surface area contributed by atoms with Crippen molar-refractivity contribution in [3.8, 4) is 0 Å². The average molecular weight is 466 g/mol. The first kappa shape index (κ1) is 23.8. The van der Waals surface area contributed by atoms with Crippen LogP contribution in [0.3, 0.4) is 0 Å². The van der Waals surface area contributed by atoms with E-state index in [1.807, 2.05) is 16.8 Å². The lowest BCUT2D eigenvalue weighted by Gasteiger charge is -2.34. The Morgan fingerprint density at radius 2 is 1.74 bits per heavy atom. The van der Waals surface area contributed by atoms with Crippen LogP contribution in [0.15, 0.2) is 42.7 Å². The Morgan fingerprint density at radius 1 is 1.03 bits per heavy atom. The number of hydrogen-bond acceptors (Lipinski definition) is 6. The molecule has 1 aromatic carbocycles. The number of anilines is 3. The van der Waals surface area contributed by atoms with Crippen LogP contribution >= 0.6 is 0 Å². The lowest BCUT2D eigenvalue weighted by molar-refractivity contribution is 0.194. The molecule has 1 saturated carbocycles. The summed E-state index contributed by atoms with van der Waals surface area (Å²) in [4.78, 5) is 24.4. The highest BCUT2D eigenvalue weighted by Gasteiger charge is 2.14. The maximum atomic E-state index is 10.6. The molecule has 3 aromatic rings. The Labute approximate surface area is 200 Å². The van der Waals surface area contributed by atoms with Crippen LogP contribution in [0.25, 0.3) is 11.0 Å². The molecule has 9 heteroatoms. The van der Waals surface area contributed by atoms with Gasteiger partial charge in [0.15, 0.2) is 0 Å². The zero-order valence-corrected chi connectivity index (χ0v) is 19.9. The maximum Gasteiger partial charge on any atom is 0.404 e. The Hall–Kier alpha value is -3.33. The second-order valence-corrected chi connectivity index (χ2v) is 8.94. The van der Waals surface area contributed by atoms with Crippen molar-refractivity contribution in [2.24, 2.45) is 0 Å². The number of nitrogens with one attached hydrogen (secondary N) is 2. The minimum Gasteiger partial charge on any atom is -0.465 e. The highest BCUT2D eigenvalue weighted by atomic mass is 16.4. The molecular formula is C25H35N7O2. The number of fused-ring (bicyclic) bond motifs is 1. The third-order valence-electron chi connectivity index (χ3n) is 6.35.